The summed E-state index contributed by atoms with van der Waals surface area (Å²) in [4.78, 5) is 0. The molecule has 0 radical (unpaired) electrons. The van der Waals surface area contributed by atoms with Gasteiger partial charge in [0.2, 0.25) is 0 Å². The smallest absolute Gasteiger partial charge is 0.0671 e. The normalized spacial score (nSPS) is 13.9. The van der Waals surface area contributed by atoms with Crippen LogP contribution in [0.4, 0.5) is 0 Å². The molecule has 1 aromatic carbocycles. The minimum absolute atomic E-state index is 0.225. The molecule has 0 aliphatic carbocycles. The van der Waals surface area contributed by atoms with Gasteiger partial charge in [0.1, 0.15) is 0 Å². The van der Waals surface area contributed by atoms with Gasteiger partial charge in [-0.25, -0.2) is 0 Å². The van der Waals surface area contributed by atoms with Crippen LogP contribution in [-0.4, -0.2) is 21.7 Å². The van der Waals surface area contributed by atoms with Crippen LogP contribution in [0.3, 0.4) is 0 Å². The lowest BCUT2D eigenvalue weighted by molar-refractivity contribution is 0.200. The molecule has 102 valence electrons. The van der Waals surface area contributed by atoms with Gasteiger partial charge in [0, 0.05) is 10.5 Å². The summed E-state index contributed by atoms with van der Waals surface area (Å²) < 4.78 is 0.225. The van der Waals surface area contributed by atoms with E-state index in [0.717, 1.165) is 12.2 Å². The fraction of sp³-hybridized carbons (Fsp3) is 0.625. The maximum atomic E-state index is 10.0. The molecule has 0 spiro atoms. The van der Waals surface area contributed by atoms with Crippen LogP contribution in [0.25, 0.3) is 0 Å². The van der Waals surface area contributed by atoms with Gasteiger partial charge >= 0.3 is 0 Å². The summed E-state index contributed by atoms with van der Waals surface area (Å²) in [6, 6.07) is 8.62. The van der Waals surface area contributed by atoms with Gasteiger partial charge in [0.25, 0.3) is 0 Å². The highest BCUT2D eigenvalue weighted by atomic mass is 32.2. The molecular weight excluding hydrogens is 240 g/mol. The second-order valence-corrected chi connectivity index (χ2v) is 8.02. The van der Waals surface area contributed by atoms with Crippen LogP contribution in [0, 0.1) is 0 Å². The molecule has 1 unspecified atom stereocenters. The molecule has 1 atom stereocenters. The van der Waals surface area contributed by atoms with Gasteiger partial charge in [0.15, 0.2) is 0 Å². The van der Waals surface area contributed by atoms with E-state index in [0.29, 0.717) is 5.92 Å². The molecule has 1 rings (SSSR count). The van der Waals surface area contributed by atoms with E-state index in [1.54, 1.807) is 0 Å². The molecule has 18 heavy (non-hydrogen) atoms. The van der Waals surface area contributed by atoms with E-state index in [2.05, 4.69) is 58.9 Å². The molecule has 0 amide bonds. The van der Waals surface area contributed by atoms with E-state index in [4.69, 9.17) is 0 Å². The highest BCUT2D eigenvalue weighted by Gasteiger charge is 2.14. The Labute approximate surface area is 116 Å². The summed E-state index contributed by atoms with van der Waals surface area (Å²) in [5.41, 5.74) is 2.58. The van der Waals surface area contributed by atoms with Crippen LogP contribution in [0.1, 0.15) is 51.7 Å². The third-order valence-corrected chi connectivity index (χ3v) is 4.24. The van der Waals surface area contributed by atoms with Gasteiger partial charge in [-0.2, -0.15) is 11.8 Å². The first-order valence-corrected chi connectivity index (χ1v) is 7.67. The van der Waals surface area contributed by atoms with Crippen molar-refractivity contribution < 1.29 is 5.11 Å². The molecule has 0 fully saturated rings. The Balaban J connectivity index is 2.47. The Bertz CT molecular complexity index is 348. The van der Waals surface area contributed by atoms with Crippen molar-refractivity contribution in [3.05, 3.63) is 35.4 Å². The van der Waals surface area contributed by atoms with Crippen LogP contribution in [0.5, 0.6) is 0 Å². The van der Waals surface area contributed by atoms with E-state index in [1.165, 1.54) is 11.1 Å². The molecule has 0 aromatic heterocycles. The molecule has 1 aromatic rings. The first-order valence-electron chi connectivity index (χ1n) is 6.69. The van der Waals surface area contributed by atoms with Crippen molar-refractivity contribution in [2.45, 2.75) is 57.8 Å². The van der Waals surface area contributed by atoms with Crippen molar-refractivity contribution in [3.8, 4) is 0 Å². The number of hydrogen-bond acceptors (Lipinski definition) is 2. The lowest BCUT2D eigenvalue weighted by Gasteiger charge is -2.20. The summed E-state index contributed by atoms with van der Waals surface area (Å²) >= 11 is 1.82. The van der Waals surface area contributed by atoms with Crippen molar-refractivity contribution in [2.24, 2.45) is 0 Å². The largest absolute Gasteiger partial charge is 0.392 e. The number of hydrogen-bond donors (Lipinski definition) is 1. The molecule has 1 nitrogen and oxygen atoms in total. The van der Waals surface area contributed by atoms with Crippen LogP contribution in [0.2, 0.25) is 0 Å². The summed E-state index contributed by atoms with van der Waals surface area (Å²) in [6.45, 7) is 10.9. The average Bonchev–Trinajstić information content (AvgIpc) is 2.26. The van der Waals surface area contributed by atoms with Crippen molar-refractivity contribution >= 4 is 11.8 Å². The molecule has 0 heterocycles. The summed E-state index contributed by atoms with van der Waals surface area (Å²) in [5.74, 6) is 1.37. The monoisotopic (exact) mass is 266 g/mol. The highest BCUT2D eigenvalue weighted by Crippen LogP contribution is 2.24. The molecule has 0 saturated heterocycles. The molecular formula is C16H26OS. The van der Waals surface area contributed by atoms with Crippen LogP contribution >= 0.6 is 11.8 Å². The predicted octanol–water partition coefficient (Wildman–Crippen LogP) is 4.25. The van der Waals surface area contributed by atoms with Crippen molar-refractivity contribution in [1.29, 1.82) is 0 Å². The number of thioether (sulfide) groups is 1. The summed E-state index contributed by atoms with van der Waals surface area (Å²) in [6.07, 6.45) is 0.501. The Morgan fingerprint density at radius 2 is 1.67 bits per heavy atom. The van der Waals surface area contributed by atoms with Crippen LogP contribution in [0.15, 0.2) is 24.3 Å². The molecule has 2 heteroatoms. The van der Waals surface area contributed by atoms with Crippen molar-refractivity contribution in [2.75, 3.05) is 5.75 Å². The zero-order valence-corrected chi connectivity index (χ0v) is 13.1. The standard InChI is InChI=1S/C16H26OS/c1-12(2)14-8-6-13(7-9-14)10-15(17)11-18-16(3,4)5/h6-9,12,15,17H,10-11H2,1-5H3. The quantitative estimate of drug-likeness (QED) is 0.860. The Morgan fingerprint density at radius 3 is 2.11 bits per heavy atom. The topological polar surface area (TPSA) is 20.2 Å². The summed E-state index contributed by atoms with van der Waals surface area (Å²) in [7, 11) is 0. The van der Waals surface area contributed by atoms with Gasteiger partial charge in [-0.15, -0.1) is 0 Å². The second kappa shape index (κ2) is 6.63. The van der Waals surface area contributed by atoms with Crippen LogP contribution < -0.4 is 0 Å². The van der Waals surface area contributed by atoms with Gasteiger partial charge in [0.05, 0.1) is 6.10 Å². The van der Waals surface area contributed by atoms with Crippen molar-refractivity contribution in [3.63, 3.8) is 0 Å². The minimum Gasteiger partial charge on any atom is -0.392 e. The molecule has 0 aliphatic heterocycles. The van der Waals surface area contributed by atoms with E-state index < -0.39 is 0 Å². The first kappa shape index (κ1) is 15.6. The van der Waals surface area contributed by atoms with E-state index in [9.17, 15) is 5.11 Å². The van der Waals surface area contributed by atoms with E-state index >= 15 is 0 Å². The minimum atomic E-state index is -0.251. The Morgan fingerprint density at radius 1 is 1.11 bits per heavy atom. The van der Waals surface area contributed by atoms with Crippen LogP contribution in [-0.2, 0) is 6.42 Å². The third kappa shape index (κ3) is 5.92. The maximum absolute atomic E-state index is 10.0. The highest BCUT2D eigenvalue weighted by molar-refractivity contribution is 8.00. The van der Waals surface area contributed by atoms with Gasteiger partial charge in [-0.05, 0) is 23.5 Å². The number of benzene rings is 1. The second-order valence-electron chi connectivity index (χ2n) is 6.18. The Hall–Kier alpha value is -0.470. The zero-order chi connectivity index (χ0) is 13.8. The van der Waals surface area contributed by atoms with Crippen molar-refractivity contribution in [1.82, 2.24) is 0 Å². The summed E-state index contributed by atoms with van der Waals surface area (Å²) in [5, 5.41) is 10.0. The Kier molecular flexibility index (Phi) is 5.74. The maximum Gasteiger partial charge on any atom is 0.0671 e. The molecule has 0 bridgehead atoms. The van der Waals surface area contributed by atoms with E-state index in [-0.39, 0.29) is 10.9 Å². The molecule has 1 N–H and O–H groups in total. The fourth-order valence-electron chi connectivity index (χ4n) is 1.72. The lowest BCUT2D eigenvalue weighted by atomic mass is 10.00. The average molecular weight is 266 g/mol. The van der Waals surface area contributed by atoms with Gasteiger partial charge in [-0.3, -0.25) is 0 Å². The van der Waals surface area contributed by atoms with E-state index in [1.807, 2.05) is 11.8 Å². The lowest BCUT2D eigenvalue weighted by Crippen LogP contribution is -2.18. The number of aliphatic hydroxyl groups is 1. The first-order chi connectivity index (χ1) is 8.28. The molecule has 0 aliphatic rings. The fourth-order valence-corrected chi connectivity index (χ4v) is 2.53. The van der Waals surface area contributed by atoms with Gasteiger partial charge in [-0.1, -0.05) is 58.9 Å². The third-order valence-electron chi connectivity index (χ3n) is 2.83. The number of rotatable bonds is 5. The zero-order valence-electron chi connectivity index (χ0n) is 12.2. The molecule has 0 saturated carbocycles. The SMILES string of the molecule is CC(C)c1ccc(CC(O)CSC(C)(C)C)cc1. The van der Waals surface area contributed by atoms with Gasteiger partial charge < -0.3 is 5.11 Å². The number of aliphatic hydroxyl groups excluding tert-OH is 1. The predicted molar refractivity (Wildman–Crippen MR) is 82.5 cm³/mol.